The second-order valence-corrected chi connectivity index (χ2v) is 5.44. The molecule has 0 spiro atoms. The van der Waals surface area contributed by atoms with Gasteiger partial charge in [-0.05, 0) is 36.3 Å². The molecule has 2 heteroatoms. The Morgan fingerprint density at radius 1 is 1.22 bits per heavy atom. The summed E-state index contributed by atoms with van der Waals surface area (Å²) in [5.41, 5.74) is 1.69. The minimum atomic E-state index is -0.786. The highest BCUT2D eigenvalue weighted by molar-refractivity contribution is 5.89. The molecule has 0 atom stereocenters. The first-order valence-electron chi connectivity index (χ1n) is 7.02. The quantitative estimate of drug-likeness (QED) is 0.855. The first-order valence-corrected chi connectivity index (χ1v) is 7.02. The molecule has 1 N–H and O–H groups in total. The standard InChI is InChI=1S/C16H22O2/c1-2-10-16(11-6-3-7-12-16)14-9-5-4-8-13(14)15(17)18/h4-5,8-9H,2-3,6-7,10-12H2,1H3,(H,17,18). The van der Waals surface area contributed by atoms with E-state index in [2.05, 4.69) is 6.92 Å². The zero-order valence-corrected chi connectivity index (χ0v) is 11.1. The van der Waals surface area contributed by atoms with Crippen LogP contribution in [0.5, 0.6) is 0 Å². The number of carboxylic acid groups (broad SMARTS) is 1. The molecule has 0 heterocycles. The summed E-state index contributed by atoms with van der Waals surface area (Å²) in [4.78, 5) is 11.4. The maximum Gasteiger partial charge on any atom is 0.335 e. The lowest BCUT2D eigenvalue weighted by Gasteiger charge is -2.38. The molecule has 1 aliphatic rings. The molecular formula is C16H22O2. The van der Waals surface area contributed by atoms with Crippen molar-refractivity contribution >= 4 is 5.97 Å². The Balaban J connectivity index is 2.44. The van der Waals surface area contributed by atoms with Crippen molar-refractivity contribution < 1.29 is 9.90 Å². The second kappa shape index (κ2) is 5.55. The number of hydrogen-bond donors (Lipinski definition) is 1. The molecule has 1 fully saturated rings. The predicted molar refractivity (Wildman–Crippen MR) is 73.1 cm³/mol. The van der Waals surface area contributed by atoms with Crippen molar-refractivity contribution in [1.29, 1.82) is 0 Å². The van der Waals surface area contributed by atoms with Crippen molar-refractivity contribution in [2.45, 2.75) is 57.3 Å². The van der Waals surface area contributed by atoms with Gasteiger partial charge in [0.05, 0.1) is 5.56 Å². The molecule has 2 rings (SSSR count). The van der Waals surface area contributed by atoms with Crippen LogP contribution in [0.15, 0.2) is 24.3 Å². The summed E-state index contributed by atoms with van der Waals surface area (Å²) in [7, 11) is 0. The smallest absolute Gasteiger partial charge is 0.335 e. The number of benzene rings is 1. The van der Waals surface area contributed by atoms with Crippen molar-refractivity contribution in [2.75, 3.05) is 0 Å². The highest BCUT2D eigenvalue weighted by Gasteiger charge is 2.35. The average molecular weight is 246 g/mol. The van der Waals surface area contributed by atoms with Crippen LogP contribution >= 0.6 is 0 Å². The van der Waals surface area contributed by atoms with Crippen LogP contribution < -0.4 is 0 Å². The highest BCUT2D eigenvalue weighted by atomic mass is 16.4. The minimum Gasteiger partial charge on any atom is -0.478 e. The van der Waals surface area contributed by atoms with Gasteiger partial charge in [0.15, 0.2) is 0 Å². The summed E-state index contributed by atoms with van der Waals surface area (Å²) < 4.78 is 0. The van der Waals surface area contributed by atoms with E-state index in [9.17, 15) is 9.90 Å². The van der Waals surface area contributed by atoms with Crippen molar-refractivity contribution in [3.05, 3.63) is 35.4 Å². The van der Waals surface area contributed by atoms with Crippen molar-refractivity contribution in [3.8, 4) is 0 Å². The topological polar surface area (TPSA) is 37.3 Å². The molecule has 18 heavy (non-hydrogen) atoms. The minimum absolute atomic E-state index is 0.113. The van der Waals surface area contributed by atoms with Gasteiger partial charge in [-0.1, -0.05) is 50.8 Å². The van der Waals surface area contributed by atoms with Crippen LogP contribution in [0.25, 0.3) is 0 Å². The second-order valence-electron chi connectivity index (χ2n) is 5.44. The Bertz CT molecular complexity index is 411. The van der Waals surface area contributed by atoms with Crippen molar-refractivity contribution in [2.24, 2.45) is 0 Å². The monoisotopic (exact) mass is 246 g/mol. The number of carboxylic acids is 1. The van der Waals surface area contributed by atoms with Gasteiger partial charge >= 0.3 is 5.97 Å². The van der Waals surface area contributed by atoms with Gasteiger partial charge in [0, 0.05) is 0 Å². The SMILES string of the molecule is CCCC1(c2ccccc2C(=O)O)CCCCC1. The summed E-state index contributed by atoms with van der Waals surface area (Å²) in [5.74, 6) is -0.786. The molecule has 0 radical (unpaired) electrons. The molecule has 1 aromatic rings. The van der Waals surface area contributed by atoms with Crippen LogP contribution in [0.2, 0.25) is 0 Å². The molecular weight excluding hydrogens is 224 g/mol. The molecule has 0 unspecified atom stereocenters. The molecule has 0 bridgehead atoms. The predicted octanol–water partition coefficient (Wildman–Crippen LogP) is 4.39. The van der Waals surface area contributed by atoms with Crippen LogP contribution in [0.4, 0.5) is 0 Å². The van der Waals surface area contributed by atoms with E-state index in [1.165, 1.54) is 19.3 Å². The number of aromatic carboxylic acids is 1. The Kier molecular flexibility index (Phi) is 4.05. The average Bonchev–Trinajstić information content (AvgIpc) is 2.40. The zero-order chi connectivity index (χ0) is 13.0. The van der Waals surface area contributed by atoms with E-state index < -0.39 is 5.97 Å². The van der Waals surface area contributed by atoms with Gasteiger partial charge in [0.1, 0.15) is 0 Å². The summed E-state index contributed by atoms with van der Waals surface area (Å²) in [6.45, 7) is 2.19. The summed E-state index contributed by atoms with van der Waals surface area (Å²) >= 11 is 0. The fourth-order valence-corrected chi connectivity index (χ4v) is 3.49. The van der Waals surface area contributed by atoms with Gasteiger partial charge in [-0.15, -0.1) is 0 Å². The van der Waals surface area contributed by atoms with Crippen LogP contribution in [0, 0.1) is 0 Å². The van der Waals surface area contributed by atoms with Crippen LogP contribution in [0.1, 0.15) is 67.8 Å². The first kappa shape index (κ1) is 13.1. The maximum atomic E-state index is 11.4. The maximum absolute atomic E-state index is 11.4. The molecule has 0 aromatic heterocycles. The Labute approximate surface area is 109 Å². The lowest BCUT2D eigenvalue weighted by atomic mass is 9.66. The van der Waals surface area contributed by atoms with Gasteiger partial charge in [-0.2, -0.15) is 0 Å². The van der Waals surface area contributed by atoms with Crippen molar-refractivity contribution in [1.82, 2.24) is 0 Å². The molecule has 1 aromatic carbocycles. The Hall–Kier alpha value is -1.31. The van der Waals surface area contributed by atoms with Crippen LogP contribution in [0.3, 0.4) is 0 Å². The fraction of sp³-hybridized carbons (Fsp3) is 0.562. The van der Waals surface area contributed by atoms with Gasteiger partial charge in [-0.25, -0.2) is 4.79 Å². The molecule has 2 nitrogen and oxygen atoms in total. The van der Waals surface area contributed by atoms with E-state index in [-0.39, 0.29) is 5.41 Å². The molecule has 98 valence electrons. The molecule has 0 saturated heterocycles. The largest absolute Gasteiger partial charge is 0.478 e. The summed E-state index contributed by atoms with van der Waals surface area (Å²) in [6.07, 6.45) is 8.27. The van der Waals surface area contributed by atoms with E-state index in [4.69, 9.17) is 0 Å². The van der Waals surface area contributed by atoms with Crippen molar-refractivity contribution in [3.63, 3.8) is 0 Å². The summed E-state index contributed by atoms with van der Waals surface area (Å²) in [6, 6.07) is 7.59. The Morgan fingerprint density at radius 3 is 2.50 bits per heavy atom. The molecule has 0 aliphatic heterocycles. The van der Waals surface area contributed by atoms with Gasteiger partial charge < -0.3 is 5.11 Å². The van der Waals surface area contributed by atoms with E-state index in [1.54, 1.807) is 6.07 Å². The molecule has 0 amide bonds. The highest BCUT2D eigenvalue weighted by Crippen LogP contribution is 2.44. The summed E-state index contributed by atoms with van der Waals surface area (Å²) in [5, 5.41) is 9.38. The third-order valence-electron chi connectivity index (χ3n) is 4.27. The number of carbonyl (C=O) groups is 1. The van der Waals surface area contributed by atoms with E-state index >= 15 is 0 Å². The Morgan fingerprint density at radius 2 is 1.89 bits per heavy atom. The van der Waals surface area contributed by atoms with Gasteiger partial charge in [-0.3, -0.25) is 0 Å². The normalized spacial score (nSPS) is 18.5. The molecule has 1 aliphatic carbocycles. The fourth-order valence-electron chi connectivity index (χ4n) is 3.49. The third kappa shape index (κ3) is 2.43. The first-order chi connectivity index (χ1) is 8.69. The van der Waals surface area contributed by atoms with Crippen LogP contribution in [-0.2, 0) is 5.41 Å². The third-order valence-corrected chi connectivity index (χ3v) is 4.27. The van der Waals surface area contributed by atoms with Gasteiger partial charge in [0.25, 0.3) is 0 Å². The number of hydrogen-bond acceptors (Lipinski definition) is 1. The molecule has 1 saturated carbocycles. The van der Waals surface area contributed by atoms with E-state index in [1.807, 2.05) is 18.2 Å². The lowest BCUT2D eigenvalue weighted by molar-refractivity contribution is 0.0692. The lowest BCUT2D eigenvalue weighted by Crippen LogP contribution is -2.31. The number of rotatable bonds is 4. The zero-order valence-electron chi connectivity index (χ0n) is 11.1. The van der Waals surface area contributed by atoms with E-state index in [0.29, 0.717) is 5.56 Å². The van der Waals surface area contributed by atoms with Gasteiger partial charge in [0.2, 0.25) is 0 Å². The van der Waals surface area contributed by atoms with Crippen LogP contribution in [-0.4, -0.2) is 11.1 Å². The van der Waals surface area contributed by atoms with E-state index in [0.717, 1.165) is 31.2 Å².